The molecule has 8 atom stereocenters. The molecule has 0 heterocycles. The van der Waals surface area contributed by atoms with Crippen LogP contribution in [0.25, 0.3) is 0 Å². The summed E-state index contributed by atoms with van der Waals surface area (Å²) in [4.78, 5) is 24.8. The van der Waals surface area contributed by atoms with Crippen molar-refractivity contribution in [2.24, 2.45) is 35.5 Å². The van der Waals surface area contributed by atoms with Gasteiger partial charge in [0.05, 0.1) is 24.0 Å². The Kier molecular flexibility index (Phi) is 9.82. The number of allylic oxidation sites excluding steroid dienone is 2. The fourth-order valence-corrected chi connectivity index (χ4v) is 6.04. The summed E-state index contributed by atoms with van der Waals surface area (Å²) in [5.74, 6) is -5.33. The van der Waals surface area contributed by atoms with Crippen LogP contribution in [0.15, 0.2) is 12.2 Å². The summed E-state index contributed by atoms with van der Waals surface area (Å²) >= 11 is 0. The summed E-state index contributed by atoms with van der Waals surface area (Å²) in [7, 11) is 0. The normalized spacial score (nSPS) is 33.7. The fraction of sp³-hybridized carbons (Fsp3) is 0.833. The van der Waals surface area contributed by atoms with E-state index in [4.69, 9.17) is 0 Å². The molecule has 6 heteroatoms. The second-order valence-electron chi connectivity index (χ2n) is 9.28. The number of aliphatic carboxylic acids is 2. The molecule has 2 aliphatic rings. The fourth-order valence-electron chi connectivity index (χ4n) is 6.04. The van der Waals surface area contributed by atoms with Gasteiger partial charge in [-0.15, -0.1) is 0 Å². The van der Waals surface area contributed by atoms with E-state index in [1.54, 1.807) is 0 Å². The zero-order valence-corrected chi connectivity index (χ0v) is 18.4. The number of carboxylic acid groups (broad SMARTS) is 2. The maximum atomic E-state index is 12.4. The molecule has 0 saturated heterocycles. The van der Waals surface area contributed by atoms with Crippen molar-refractivity contribution < 1.29 is 30.0 Å². The van der Waals surface area contributed by atoms with E-state index in [0.29, 0.717) is 32.1 Å². The Balaban J connectivity index is 2.30. The number of aliphatic hydroxyl groups is 2. The van der Waals surface area contributed by atoms with Gasteiger partial charge in [0.15, 0.2) is 0 Å². The molecule has 0 aliphatic heterocycles. The predicted molar refractivity (Wildman–Crippen MR) is 115 cm³/mol. The molecule has 0 aromatic heterocycles. The third kappa shape index (κ3) is 5.85. The van der Waals surface area contributed by atoms with E-state index < -0.39 is 36.0 Å². The molecule has 6 nitrogen and oxygen atoms in total. The third-order valence-electron chi connectivity index (χ3n) is 7.51. The van der Waals surface area contributed by atoms with Crippen LogP contribution in [0.3, 0.4) is 0 Å². The number of unbranched alkanes of at least 4 members (excludes halogenated alkanes) is 2. The van der Waals surface area contributed by atoms with Crippen LogP contribution in [-0.4, -0.2) is 44.6 Å². The van der Waals surface area contributed by atoms with Gasteiger partial charge < -0.3 is 20.4 Å². The lowest BCUT2D eigenvalue weighted by atomic mass is 9.67. The highest BCUT2D eigenvalue weighted by atomic mass is 16.4. The molecule has 0 bridgehead atoms. The largest absolute Gasteiger partial charge is 0.481 e. The molecule has 2 saturated carbocycles. The predicted octanol–water partition coefficient (Wildman–Crippen LogP) is 4.10. The Morgan fingerprint density at radius 1 is 0.833 bits per heavy atom. The average molecular weight is 425 g/mol. The molecule has 0 aromatic rings. The van der Waals surface area contributed by atoms with E-state index in [2.05, 4.69) is 6.92 Å². The second-order valence-corrected chi connectivity index (χ2v) is 9.28. The Bertz CT molecular complexity index is 588. The second kappa shape index (κ2) is 11.8. The highest BCUT2D eigenvalue weighted by Gasteiger charge is 2.52. The molecule has 30 heavy (non-hydrogen) atoms. The van der Waals surface area contributed by atoms with Crippen molar-refractivity contribution >= 4 is 11.9 Å². The Morgan fingerprint density at radius 3 is 1.87 bits per heavy atom. The molecule has 8 unspecified atom stereocenters. The molecule has 2 rings (SSSR count). The minimum Gasteiger partial charge on any atom is -0.481 e. The number of rotatable bonds is 12. The standard InChI is InChI=1S/C24H40O6/c1-3-5-7-9-15-17(11-13-19(15)25)21(23(27)28)22(24(29)30)18-12-14-20(26)16(18)10-8-6-4-2/h5,7,15-22,25-26H,3-4,6,8-14H2,1-2H3,(H,27,28)(H,29,30). The van der Waals surface area contributed by atoms with Gasteiger partial charge in [0, 0.05) is 0 Å². The first-order chi connectivity index (χ1) is 14.3. The van der Waals surface area contributed by atoms with Gasteiger partial charge in [0.25, 0.3) is 0 Å². The van der Waals surface area contributed by atoms with E-state index in [-0.39, 0.29) is 23.7 Å². The first kappa shape index (κ1) is 24.9. The van der Waals surface area contributed by atoms with Crippen LogP contribution in [0, 0.1) is 35.5 Å². The van der Waals surface area contributed by atoms with Crippen molar-refractivity contribution in [3.8, 4) is 0 Å². The lowest BCUT2D eigenvalue weighted by Crippen LogP contribution is -2.43. The Labute approximate surface area is 180 Å². The summed E-state index contributed by atoms with van der Waals surface area (Å²) in [5, 5.41) is 41.3. The molecule has 2 aliphatic carbocycles. The summed E-state index contributed by atoms with van der Waals surface area (Å²) in [6, 6.07) is 0. The molecule has 4 N–H and O–H groups in total. The van der Waals surface area contributed by atoms with E-state index in [0.717, 1.165) is 32.1 Å². The highest BCUT2D eigenvalue weighted by Crippen LogP contribution is 2.49. The zero-order valence-electron chi connectivity index (χ0n) is 18.4. The van der Waals surface area contributed by atoms with Gasteiger partial charge in [0.1, 0.15) is 0 Å². The number of aliphatic hydroxyl groups excluding tert-OH is 2. The van der Waals surface area contributed by atoms with E-state index in [1.165, 1.54) is 0 Å². The third-order valence-corrected chi connectivity index (χ3v) is 7.51. The van der Waals surface area contributed by atoms with Crippen LogP contribution >= 0.6 is 0 Å². The topological polar surface area (TPSA) is 115 Å². The maximum absolute atomic E-state index is 12.4. The monoisotopic (exact) mass is 424 g/mol. The van der Waals surface area contributed by atoms with Crippen molar-refractivity contribution in [3.63, 3.8) is 0 Å². The highest BCUT2D eigenvalue weighted by molar-refractivity contribution is 5.80. The van der Waals surface area contributed by atoms with Crippen LogP contribution < -0.4 is 0 Å². The molecule has 2 fully saturated rings. The molecule has 172 valence electrons. The van der Waals surface area contributed by atoms with Crippen LogP contribution in [0.2, 0.25) is 0 Å². The van der Waals surface area contributed by atoms with Crippen LogP contribution in [0.1, 0.15) is 78.1 Å². The van der Waals surface area contributed by atoms with Gasteiger partial charge >= 0.3 is 11.9 Å². The number of hydrogen-bond acceptors (Lipinski definition) is 4. The quantitative estimate of drug-likeness (QED) is 0.277. The van der Waals surface area contributed by atoms with Gasteiger partial charge in [0.2, 0.25) is 0 Å². The first-order valence-corrected chi connectivity index (χ1v) is 11.8. The van der Waals surface area contributed by atoms with Crippen molar-refractivity contribution in [2.75, 3.05) is 0 Å². The molecular weight excluding hydrogens is 384 g/mol. The summed E-state index contributed by atoms with van der Waals surface area (Å²) in [5.41, 5.74) is 0. The minimum absolute atomic E-state index is 0.163. The average Bonchev–Trinajstić information content (AvgIpc) is 3.23. The van der Waals surface area contributed by atoms with Gasteiger partial charge in [-0.25, -0.2) is 0 Å². The minimum atomic E-state index is -1.08. The first-order valence-electron chi connectivity index (χ1n) is 11.8. The van der Waals surface area contributed by atoms with Crippen molar-refractivity contribution in [3.05, 3.63) is 12.2 Å². The Hall–Kier alpha value is -1.40. The van der Waals surface area contributed by atoms with E-state index in [1.807, 2.05) is 19.1 Å². The van der Waals surface area contributed by atoms with Crippen LogP contribution in [0.4, 0.5) is 0 Å². The van der Waals surface area contributed by atoms with Gasteiger partial charge in [-0.05, 0) is 68.6 Å². The number of carbonyl (C=O) groups is 2. The summed E-state index contributed by atoms with van der Waals surface area (Å²) in [6.07, 6.45) is 10.1. The van der Waals surface area contributed by atoms with Crippen LogP contribution in [0.5, 0.6) is 0 Å². The van der Waals surface area contributed by atoms with Crippen molar-refractivity contribution in [1.29, 1.82) is 0 Å². The molecule has 0 spiro atoms. The smallest absolute Gasteiger partial charge is 0.307 e. The molecular formula is C24H40O6. The lowest BCUT2D eigenvalue weighted by Gasteiger charge is -2.36. The maximum Gasteiger partial charge on any atom is 0.307 e. The summed E-state index contributed by atoms with van der Waals surface area (Å²) < 4.78 is 0. The van der Waals surface area contributed by atoms with Crippen molar-refractivity contribution in [2.45, 2.75) is 90.3 Å². The number of carboxylic acids is 2. The zero-order chi connectivity index (χ0) is 22.3. The number of hydrogen-bond donors (Lipinski definition) is 4. The summed E-state index contributed by atoms with van der Waals surface area (Å²) in [6.45, 7) is 4.12. The lowest BCUT2D eigenvalue weighted by molar-refractivity contribution is -0.161. The molecule has 0 aromatic carbocycles. The van der Waals surface area contributed by atoms with Gasteiger partial charge in [-0.2, -0.15) is 0 Å². The van der Waals surface area contributed by atoms with Crippen molar-refractivity contribution in [1.82, 2.24) is 0 Å². The van der Waals surface area contributed by atoms with Crippen LogP contribution in [-0.2, 0) is 9.59 Å². The molecule has 0 radical (unpaired) electrons. The Morgan fingerprint density at radius 2 is 1.37 bits per heavy atom. The molecule has 0 amide bonds. The van der Waals surface area contributed by atoms with E-state index in [9.17, 15) is 30.0 Å². The van der Waals surface area contributed by atoms with Gasteiger partial charge in [-0.1, -0.05) is 45.3 Å². The SMILES string of the molecule is CCC=CCC1C(O)CCC1C(C(=O)O)C(C(=O)O)C1CCC(O)C1CCCCC. The van der Waals surface area contributed by atoms with E-state index >= 15 is 0 Å². The van der Waals surface area contributed by atoms with Gasteiger partial charge in [-0.3, -0.25) is 9.59 Å².